The third-order valence-corrected chi connectivity index (χ3v) is 10.4. The lowest BCUT2D eigenvalue weighted by Crippen LogP contribution is -2.37. The van der Waals surface area contributed by atoms with Gasteiger partial charge in [0.2, 0.25) is 11.8 Å². The van der Waals surface area contributed by atoms with Crippen molar-refractivity contribution < 1.29 is 24.5 Å². The van der Waals surface area contributed by atoms with Crippen LogP contribution in [0.25, 0.3) is 39.2 Å². The van der Waals surface area contributed by atoms with Crippen molar-refractivity contribution >= 4 is 40.7 Å². The van der Waals surface area contributed by atoms with Gasteiger partial charge in [0.05, 0.1) is 34.5 Å². The van der Waals surface area contributed by atoms with Crippen LogP contribution >= 0.6 is 23.2 Å². The molecule has 5 aromatic rings. The first kappa shape index (κ1) is 35.5. The second-order valence-corrected chi connectivity index (χ2v) is 13.8. The number of nitrogens with one attached hydrogen (secondary N) is 2. The van der Waals surface area contributed by atoms with Crippen LogP contribution in [-0.2, 0) is 22.7 Å². The summed E-state index contributed by atoms with van der Waals surface area (Å²) in [5, 5.41) is 26.8. The molecule has 3 aromatic heterocycles. The summed E-state index contributed by atoms with van der Waals surface area (Å²) in [6, 6.07) is 18.0. The fourth-order valence-electron chi connectivity index (χ4n) is 6.96. The van der Waals surface area contributed by atoms with Crippen LogP contribution in [0.15, 0.2) is 77.9 Å². The number of ether oxygens (including phenoxy) is 1. The summed E-state index contributed by atoms with van der Waals surface area (Å²) in [4.78, 5) is 47.4. The van der Waals surface area contributed by atoms with Crippen molar-refractivity contribution in [1.29, 1.82) is 0 Å². The molecule has 7 rings (SSSR count). The van der Waals surface area contributed by atoms with Gasteiger partial charge < -0.3 is 25.6 Å². The number of halogens is 2. The van der Waals surface area contributed by atoms with Gasteiger partial charge in [0.1, 0.15) is 11.7 Å². The van der Waals surface area contributed by atoms with Crippen LogP contribution in [0, 0.1) is 0 Å². The van der Waals surface area contributed by atoms with E-state index in [-0.39, 0.29) is 37.0 Å². The Morgan fingerprint density at radius 3 is 2.46 bits per heavy atom. The summed E-state index contributed by atoms with van der Waals surface area (Å²) in [5.41, 5.74) is 5.48. The molecule has 12 nitrogen and oxygen atoms in total. The number of aromatic nitrogens is 3. The Hall–Kier alpha value is -4.85. The second-order valence-electron chi connectivity index (χ2n) is 13.0. The van der Waals surface area contributed by atoms with Crippen LogP contribution in [0.5, 0.6) is 5.88 Å². The number of benzene rings is 2. The predicted molar refractivity (Wildman–Crippen MR) is 197 cm³/mol. The van der Waals surface area contributed by atoms with E-state index in [9.17, 15) is 24.6 Å². The number of pyridine rings is 2. The van der Waals surface area contributed by atoms with Gasteiger partial charge in [0.15, 0.2) is 0 Å². The Kier molecular flexibility index (Phi) is 10.3. The summed E-state index contributed by atoms with van der Waals surface area (Å²) in [6.45, 7) is 1.40. The van der Waals surface area contributed by atoms with E-state index in [0.717, 1.165) is 17.5 Å². The number of hydrogen-bond donors (Lipinski definition) is 4. The first-order valence-corrected chi connectivity index (χ1v) is 17.6. The number of aliphatic hydroxyl groups is 1. The van der Waals surface area contributed by atoms with Crippen LogP contribution in [0.4, 0.5) is 0 Å². The molecule has 1 unspecified atom stereocenters. The third kappa shape index (κ3) is 7.12. The number of carbonyl (C=O) groups excluding carboxylic acids is 1. The fourth-order valence-corrected chi connectivity index (χ4v) is 7.62. The molecule has 5 heterocycles. The summed E-state index contributed by atoms with van der Waals surface area (Å²) in [6.07, 6.45) is 3.79. The number of carboxylic acid groups (broad SMARTS) is 1. The topological polar surface area (TPSA) is 158 Å². The predicted octanol–water partition coefficient (Wildman–Crippen LogP) is 4.79. The standard InChI is InChI=1S/C38H36Cl2N6O6/c1-52-36-22(16-41-18-24-9-11-33(48)43-24)8-10-30(44-36)29-7-3-6-28(35(29)40)27-5-2-4-26(34(27)39)21-12-13-46-32(14-21)42-17-23(37(46)49)19-45-20-25(47)15-31(45)38(50)51/h2-8,10,12-14,17,24-25,31,41,47H,9,11,15-16,18-20H2,1H3,(H,43,48)(H,50,51)/t24?,25-,31-/m1/s1. The maximum atomic E-state index is 13.4. The number of fused-ring (bicyclic) bond motifs is 1. The van der Waals surface area contributed by atoms with Crippen molar-refractivity contribution in [3.8, 4) is 39.4 Å². The van der Waals surface area contributed by atoms with E-state index in [1.165, 1.54) is 10.6 Å². The van der Waals surface area contributed by atoms with Gasteiger partial charge in [0.25, 0.3) is 5.56 Å². The zero-order valence-corrected chi connectivity index (χ0v) is 29.7. The van der Waals surface area contributed by atoms with E-state index >= 15 is 0 Å². The Morgan fingerprint density at radius 1 is 1.02 bits per heavy atom. The SMILES string of the molecule is COc1nc(-c2cccc(-c3cccc(-c4ccn5c(=O)c(CN6C[C@H](O)C[C@@H]6C(=O)O)cnc5c4)c3Cl)c2Cl)ccc1CNCC1CCC(=O)N1. The van der Waals surface area contributed by atoms with Crippen molar-refractivity contribution in [1.82, 2.24) is 29.9 Å². The monoisotopic (exact) mass is 742 g/mol. The minimum absolute atomic E-state index is 0.0598. The summed E-state index contributed by atoms with van der Waals surface area (Å²) < 4.78 is 7.05. The molecule has 2 aliphatic heterocycles. The van der Waals surface area contributed by atoms with Crippen LogP contribution in [-0.4, -0.2) is 79.7 Å². The maximum Gasteiger partial charge on any atom is 0.321 e. The van der Waals surface area contributed by atoms with Crippen molar-refractivity contribution in [2.24, 2.45) is 0 Å². The number of hydrogen-bond acceptors (Lipinski definition) is 9. The number of amides is 1. The summed E-state index contributed by atoms with van der Waals surface area (Å²) in [7, 11) is 1.57. The van der Waals surface area contributed by atoms with E-state index in [1.807, 2.05) is 48.5 Å². The van der Waals surface area contributed by atoms with Crippen LogP contribution in [0.2, 0.25) is 10.0 Å². The normalized spacial score (nSPS) is 18.9. The number of nitrogens with zero attached hydrogens (tertiary/aromatic N) is 4. The minimum atomic E-state index is -1.04. The minimum Gasteiger partial charge on any atom is -0.481 e. The molecule has 0 aliphatic carbocycles. The molecule has 2 saturated heterocycles. The Balaban J connectivity index is 1.14. The van der Waals surface area contributed by atoms with Crippen LogP contribution in [0.3, 0.4) is 0 Å². The molecule has 0 spiro atoms. The molecule has 0 radical (unpaired) electrons. The average Bonchev–Trinajstić information content (AvgIpc) is 3.73. The summed E-state index contributed by atoms with van der Waals surface area (Å²) >= 11 is 14.2. The van der Waals surface area contributed by atoms with Crippen molar-refractivity contribution in [2.75, 3.05) is 20.2 Å². The molecule has 4 N–H and O–H groups in total. The number of rotatable bonds is 11. The highest BCUT2D eigenvalue weighted by Crippen LogP contribution is 2.42. The van der Waals surface area contributed by atoms with E-state index in [4.69, 9.17) is 32.9 Å². The molecule has 2 aliphatic rings. The number of carbonyl (C=O) groups is 2. The molecular formula is C38H36Cl2N6O6. The molecule has 2 fully saturated rings. The smallest absolute Gasteiger partial charge is 0.321 e. The number of aliphatic hydroxyl groups excluding tert-OH is 1. The fraction of sp³-hybridized carbons (Fsp3) is 0.289. The van der Waals surface area contributed by atoms with Gasteiger partial charge in [-0.2, -0.15) is 0 Å². The molecule has 14 heteroatoms. The molecular weight excluding hydrogens is 707 g/mol. The Bertz CT molecular complexity index is 2250. The highest BCUT2D eigenvalue weighted by molar-refractivity contribution is 6.39. The lowest BCUT2D eigenvalue weighted by molar-refractivity contribution is -0.142. The van der Waals surface area contributed by atoms with Gasteiger partial charge >= 0.3 is 5.97 Å². The molecule has 1 amide bonds. The Labute approximate surface area is 309 Å². The van der Waals surface area contributed by atoms with Crippen molar-refractivity contribution in [3.05, 3.63) is 105 Å². The van der Waals surface area contributed by atoms with E-state index in [1.54, 1.807) is 30.3 Å². The van der Waals surface area contributed by atoms with Crippen molar-refractivity contribution in [2.45, 2.75) is 50.5 Å². The highest BCUT2D eigenvalue weighted by atomic mass is 35.5. The van der Waals surface area contributed by atoms with Gasteiger partial charge in [0, 0.05) is 85.3 Å². The molecule has 2 aromatic carbocycles. The number of likely N-dealkylation sites (tertiary alicyclic amines) is 1. The maximum absolute atomic E-state index is 13.4. The Morgan fingerprint density at radius 2 is 1.75 bits per heavy atom. The van der Waals surface area contributed by atoms with Crippen LogP contribution in [0.1, 0.15) is 30.4 Å². The average molecular weight is 744 g/mol. The van der Waals surface area contributed by atoms with Gasteiger partial charge in [-0.05, 0) is 30.2 Å². The largest absolute Gasteiger partial charge is 0.481 e. The second kappa shape index (κ2) is 15.0. The van der Waals surface area contributed by atoms with Gasteiger partial charge in [-0.3, -0.25) is 23.7 Å². The van der Waals surface area contributed by atoms with E-state index in [0.29, 0.717) is 74.6 Å². The van der Waals surface area contributed by atoms with E-state index in [2.05, 4.69) is 15.6 Å². The van der Waals surface area contributed by atoms with Gasteiger partial charge in [-0.15, -0.1) is 0 Å². The third-order valence-electron chi connectivity index (χ3n) is 9.62. The van der Waals surface area contributed by atoms with Crippen molar-refractivity contribution in [3.63, 3.8) is 0 Å². The van der Waals surface area contributed by atoms with Gasteiger partial charge in [-0.1, -0.05) is 65.7 Å². The lowest BCUT2D eigenvalue weighted by atomic mass is 9.97. The molecule has 0 saturated carbocycles. The highest BCUT2D eigenvalue weighted by Gasteiger charge is 2.36. The molecule has 52 heavy (non-hydrogen) atoms. The first-order chi connectivity index (χ1) is 25.1. The molecule has 3 atom stereocenters. The molecule has 268 valence electrons. The number of aliphatic carboxylic acids is 1. The lowest BCUT2D eigenvalue weighted by Gasteiger charge is -2.20. The quantitative estimate of drug-likeness (QED) is 0.148. The number of β-amino-alcohol motifs (C(OH)–C–C–N with tert-alkyl or cyclic N) is 1. The van der Waals surface area contributed by atoms with Gasteiger partial charge in [-0.25, -0.2) is 9.97 Å². The number of carboxylic acids is 1. The van der Waals surface area contributed by atoms with E-state index < -0.39 is 18.1 Å². The molecule has 0 bridgehead atoms. The first-order valence-electron chi connectivity index (χ1n) is 16.9. The zero-order valence-electron chi connectivity index (χ0n) is 28.2. The summed E-state index contributed by atoms with van der Waals surface area (Å²) in [5.74, 6) is -0.485. The number of methoxy groups -OCH3 is 1. The zero-order chi connectivity index (χ0) is 36.5. The van der Waals surface area contributed by atoms with Crippen LogP contribution < -0.4 is 20.9 Å².